The summed E-state index contributed by atoms with van der Waals surface area (Å²) in [6.07, 6.45) is 37.7. The number of hydrogen-bond acceptors (Lipinski definition) is 1. The van der Waals surface area contributed by atoms with Gasteiger partial charge in [-0.05, 0) is 19.3 Å². The van der Waals surface area contributed by atoms with Crippen molar-refractivity contribution in [1.29, 1.82) is 0 Å². The van der Waals surface area contributed by atoms with Crippen LogP contribution in [0.15, 0.2) is 0 Å². The second-order valence-electron chi connectivity index (χ2n) is 12.2. The highest BCUT2D eigenvalue weighted by atomic mass is 79.9. The van der Waals surface area contributed by atoms with Crippen LogP contribution in [-0.2, 0) is 0 Å². The van der Waals surface area contributed by atoms with Crippen LogP contribution in [0.5, 0.6) is 0 Å². The highest BCUT2D eigenvalue weighted by Crippen LogP contribution is 2.14. The van der Waals surface area contributed by atoms with Crippen LogP contribution in [-0.4, -0.2) is 37.5 Å². The lowest BCUT2D eigenvalue weighted by Gasteiger charge is -2.23. The summed E-state index contributed by atoms with van der Waals surface area (Å²) in [4.78, 5) is 0. The highest BCUT2D eigenvalue weighted by molar-refractivity contribution is 9.09. The zero-order chi connectivity index (χ0) is 26.3. The molecule has 2 nitrogen and oxygen atoms in total. The molecule has 0 aliphatic carbocycles. The molecule has 0 rings (SSSR count). The van der Waals surface area contributed by atoms with E-state index in [2.05, 4.69) is 50.9 Å². The molecule has 0 spiro atoms. The van der Waals surface area contributed by atoms with E-state index in [4.69, 9.17) is 0 Å². The van der Waals surface area contributed by atoms with Crippen molar-refractivity contribution in [1.82, 2.24) is 6.15 Å². The number of rotatable bonds is 27. The number of unbranched alkanes of at least 4 members (excludes halogenated alkanes) is 24. The van der Waals surface area contributed by atoms with Crippen molar-refractivity contribution in [2.45, 2.75) is 181 Å². The fraction of sp³-hybridized carbons (Fsp3) is 1.00. The van der Waals surface area contributed by atoms with Gasteiger partial charge in [0.05, 0.1) is 27.7 Å². The van der Waals surface area contributed by atoms with E-state index in [1.807, 2.05) is 0 Å². The largest absolute Gasteiger partial charge is 1.00 e. The normalized spacial score (nSPS) is 10.9. The van der Waals surface area contributed by atoms with E-state index in [-0.39, 0.29) is 23.1 Å². The van der Waals surface area contributed by atoms with Gasteiger partial charge >= 0.3 is 0 Å². The van der Waals surface area contributed by atoms with E-state index in [1.54, 1.807) is 0 Å². The van der Waals surface area contributed by atoms with Gasteiger partial charge in [0.1, 0.15) is 0 Å². The molecule has 0 saturated heterocycles. The molecule has 0 aromatic rings. The molecule has 0 radical (unpaired) electrons. The van der Waals surface area contributed by atoms with Crippen LogP contribution >= 0.6 is 15.9 Å². The standard InChI is InChI=1S/C19H42N.C14H29Br.BrH.H3N/c1-5-6-7-8-9-10-11-12-13-14-15-16-17-18-19-20(2,3)4;1-2-3-4-5-6-7-8-9-10-11-12-13-14-15;;/h5-19H2,1-4H3;2-14H2,1H3;1H;1H3/q+1;;;/p-1. The average molecular weight is 659 g/mol. The predicted octanol–water partition coefficient (Wildman–Crippen LogP) is 9.42. The van der Waals surface area contributed by atoms with E-state index in [0.29, 0.717) is 0 Å². The molecule has 0 unspecified atom stereocenters. The first kappa shape index (κ1) is 44.9. The summed E-state index contributed by atoms with van der Waals surface area (Å²) in [6, 6.07) is 0. The molecule has 0 aromatic heterocycles. The van der Waals surface area contributed by atoms with Gasteiger partial charge in [-0.2, -0.15) is 0 Å². The monoisotopic (exact) mass is 656 g/mol. The predicted molar refractivity (Wildman–Crippen MR) is 173 cm³/mol. The molecule has 0 aliphatic rings. The van der Waals surface area contributed by atoms with Crippen molar-refractivity contribution < 1.29 is 21.5 Å². The van der Waals surface area contributed by atoms with Crippen LogP contribution in [0.25, 0.3) is 0 Å². The topological polar surface area (TPSA) is 35.0 Å². The van der Waals surface area contributed by atoms with Gasteiger partial charge in [0, 0.05) is 5.33 Å². The Labute approximate surface area is 256 Å². The second kappa shape index (κ2) is 39.0. The van der Waals surface area contributed by atoms with Crippen LogP contribution in [0.2, 0.25) is 0 Å². The van der Waals surface area contributed by atoms with Gasteiger partial charge in [-0.1, -0.05) is 177 Å². The Morgan fingerprint density at radius 1 is 0.378 bits per heavy atom. The Hall–Kier alpha value is 0.880. The Morgan fingerprint density at radius 2 is 0.595 bits per heavy atom. The third-order valence-corrected chi connectivity index (χ3v) is 7.73. The van der Waals surface area contributed by atoms with Crippen molar-refractivity contribution in [3.63, 3.8) is 0 Å². The summed E-state index contributed by atoms with van der Waals surface area (Å²) in [6.45, 7) is 5.91. The third-order valence-electron chi connectivity index (χ3n) is 7.17. The van der Waals surface area contributed by atoms with Gasteiger partial charge in [0.25, 0.3) is 0 Å². The van der Waals surface area contributed by atoms with E-state index in [1.165, 1.54) is 179 Å². The molecule has 0 amide bonds. The lowest BCUT2D eigenvalue weighted by Crippen LogP contribution is -3.00. The quantitative estimate of drug-likeness (QED) is 0.0533. The van der Waals surface area contributed by atoms with Crippen LogP contribution in [0.4, 0.5) is 0 Å². The van der Waals surface area contributed by atoms with Crippen molar-refractivity contribution in [2.75, 3.05) is 33.0 Å². The molecule has 0 bridgehead atoms. The first-order valence-electron chi connectivity index (χ1n) is 16.3. The molecule has 37 heavy (non-hydrogen) atoms. The molecular formula is C33H74Br2N2. The molecular weight excluding hydrogens is 584 g/mol. The van der Waals surface area contributed by atoms with Gasteiger partial charge in [-0.25, -0.2) is 0 Å². The molecule has 0 saturated carbocycles. The molecule has 0 heterocycles. The number of quaternary nitrogens is 1. The summed E-state index contributed by atoms with van der Waals surface area (Å²) in [5.41, 5.74) is 0. The van der Waals surface area contributed by atoms with Gasteiger partial charge in [-0.15, -0.1) is 0 Å². The van der Waals surface area contributed by atoms with Crippen LogP contribution in [0.3, 0.4) is 0 Å². The Kier molecular flexibility index (Phi) is 47.3. The smallest absolute Gasteiger partial charge is 0.0780 e. The summed E-state index contributed by atoms with van der Waals surface area (Å²) in [5, 5.41) is 1.18. The van der Waals surface area contributed by atoms with Crippen LogP contribution < -0.4 is 23.1 Å². The zero-order valence-electron chi connectivity index (χ0n) is 26.7. The maximum atomic E-state index is 3.47. The first-order chi connectivity index (χ1) is 17.0. The molecule has 0 fully saturated rings. The number of hydrogen-bond donors (Lipinski definition) is 1. The molecule has 230 valence electrons. The molecule has 0 aromatic carbocycles. The maximum Gasteiger partial charge on any atom is 0.0780 e. The molecule has 0 aliphatic heterocycles. The van der Waals surface area contributed by atoms with E-state index >= 15 is 0 Å². The summed E-state index contributed by atoms with van der Waals surface area (Å²) in [5.74, 6) is 0. The maximum absolute atomic E-state index is 3.47. The van der Waals surface area contributed by atoms with Crippen LogP contribution in [0.1, 0.15) is 181 Å². The van der Waals surface area contributed by atoms with Gasteiger partial charge < -0.3 is 27.6 Å². The lowest BCUT2D eigenvalue weighted by molar-refractivity contribution is -0.870. The average Bonchev–Trinajstić information content (AvgIpc) is 2.82. The minimum absolute atomic E-state index is 0. The van der Waals surface area contributed by atoms with Gasteiger partial charge in [0.15, 0.2) is 0 Å². The number of alkyl halides is 1. The SMILES string of the molecule is CCCCCCCCCCCCCCBr.CCCCCCCCCCCCCCCC[N+](C)(C)C.N.[Br-]. The minimum Gasteiger partial charge on any atom is -1.00 e. The highest BCUT2D eigenvalue weighted by Gasteiger charge is 2.05. The minimum atomic E-state index is 0. The van der Waals surface area contributed by atoms with E-state index < -0.39 is 0 Å². The number of nitrogens with zero attached hydrogens (tertiary/aromatic N) is 1. The van der Waals surface area contributed by atoms with Crippen molar-refractivity contribution in [3.05, 3.63) is 0 Å². The molecule has 0 atom stereocenters. The Balaban J connectivity index is -0.000000289. The lowest BCUT2D eigenvalue weighted by atomic mass is 10.0. The van der Waals surface area contributed by atoms with E-state index in [9.17, 15) is 0 Å². The van der Waals surface area contributed by atoms with Crippen molar-refractivity contribution >= 4 is 15.9 Å². The summed E-state index contributed by atoms with van der Waals surface area (Å²) < 4.78 is 1.12. The van der Waals surface area contributed by atoms with Crippen molar-refractivity contribution in [3.8, 4) is 0 Å². The Bertz CT molecular complexity index is 347. The zero-order valence-corrected chi connectivity index (χ0v) is 29.9. The van der Waals surface area contributed by atoms with Gasteiger partial charge in [-0.3, -0.25) is 0 Å². The van der Waals surface area contributed by atoms with Gasteiger partial charge in [0.2, 0.25) is 0 Å². The summed E-state index contributed by atoms with van der Waals surface area (Å²) in [7, 11) is 6.88. The third kappa shape index (κ3) is 50.3. The fourth-order valence-electron chi connectivity index (χ4n) is 4.72. The first-order valence-corrected chi connectivity index (χ1v) is 17.5. The molecule has 3 N–H and O–H groups in total. The summed E-state index contributed by atoms with van der Waals surface area (Å²) >= 11 is 3.47. The van der Waals surface area contributed by atoms with Crippen molar-refractivity contribution in [2.24, 2.45) is 0 Å². The fourth-order valence-corrected chi connectivity index (χ4v) is 5.11. The Morgan fingerprint density at radius 3 is 0.811 bits per heavy atom. The number of halogens is 2. The molecule has 4 heteroatoms. The van der Waals surface area contributed by atoms with E-state index in [0.717, 1.165) is 4.48 Å². The second-order valence-corrected chi connectivity index (χ2v) is 13.0. The van der Waals surface area contributed by atoms with Crippen LogP contribution in [0, 0.1) is 0 Å².